The number of benzene rings is 1. The molecule has 0 saturated heterocycles. The zero-order valence-electron chi connectivity index (χ0n) is 11.1. The Hall–Kier alpha value is -1.26. The summed E-state index contributed by atoms with van der Waals surface area (Å²) >= 11 is 0. The van der Waals surface area contributed by atoms with Crippen molar-refractivity contribution in [2.75, 3.05) is 38.3 Å². The maximum atomic E-state index is 9.65. The molecule has 0 spiro atoms. The molecule has 0 bridgehead atoms. The van der Waals surface area contributed by atoms with Gasteiger partial charge in [-0.15, -0.1) is 0 Å². The standard InChI is InChI=1S/C14H21NO3/c1-11(16)12-4-5-14-13(10-12)15(7-9-18-14)6-3-8-17-2/h4-5,10-11,16H,3,6-9H2,1-2H3/t11-/m1/s1. The molecule has 1 aliphatic heterocycles. The van der Waals surface area contributed by atoms with E-state index in [2.05, 4.69) is 4.90 Å². The lowest BCUT2D eigenvalue weighted by atomic mass is 10.1. The van der Waals surface area contributed by atoms with Crippen LogP contribution in [0.25, 0.3) is 0 Å². The van der Waals surface area contributed by atoms with Crippen molar-refractivity contribution in [2.45, 2.75) is 19.4 Å². The van der Waals surface area contributed by atoms with Gasteiger partial charge in [0.25, 0.3) is 0 Å². The third kappa shape index (κ3) is 2.94. The van der Waals surface area contributed by atoms with Crippen LogP contribution in [-0.2, 0) is 4.74 Å². The molecule has 4 nitrogen and oxygen atoms in total. The van der Waals surface area contributed by atoms with E-state index in [1.165, 1.54) is 0 Å². The Morgan fingerprint density at radius 3 is 3.06 bits per heavy atom. The first kappa shape index (κ1) is 13.2. The second kappa shape index (κ2) is 6.07. The van der Waals surface area contributed by atoms with Crippen molar-refractivity contribution in [2.24, 2.45) is 0 Å². The molecule has 0 fully saturated rings. The molecule has 0 radical (unpaired) electrons. The molecule has 1 heterocycles. The smallest absolute Gasteiger partial charge is 0.142 e. The predicted molar refractivity (Wildman–Crippen MR) is 71.3 cm³/mol. The maximum absolute atomic E-state index is 9.65. The van der Waals surface area contributed by atoms with Gasteiger partial charge < -0.3 is 19.5 Å². The number of aliphatic hydroxyl groups excluding tert-OH is 1. The number of aliphatic hydroxyl groups is 1. The average Bonchev–Trinajstić information content (AvgIpc) is 2.38. The van der Waals surface area contributed by atoms with E-state index in [0.29, 0.717) is 6.61 Å². The number of fused-ring (bicyclic) bond motifs is 1. The van der Waals surface area contributed by atoms with Gasteiger partial charge >= 0.3 is 0 Å². The fraction of sp³-hybridized carbons (Fsp3) is 0.571. The van der Waals surface area contributed by atoms with E-state index in [9.17, 15) is 5.11 Å². The summed E-state index contributed by atoms with van der Waals surface area (Å²) in [6, 6.07) is 5.88. The minimum absolute atomic E-state index is 0.446. The van der Waals surface area contributed by atoms with Crippen molar-refractivity contribution in [3.05, 3.63) is 23.8 Å². The number of rotatable bonds is 5. The molecule has 100 valence electrons. The average molecular weight is 251 g/mol. The SMILES string of the molecule is COCCCN1CCOc2ccc([C@@H](C)O)cc21. The molecule has 1 aromatic rings. The largest absolute Gasteiger partial charge is 0.490 e. The molecule has 4 heteroatoms. The van der Waals surface area contributed by atoms with Crippen LogP contribution >= 0.6 is 0 Å². The molecule has 18 heavy (non-hydrogen) atoms. The Morgan fingerprint density at radius 2 is 2.33 bits per heavy atom. The zero-order chi connectivity index (χ0) is 13.0. The van der Waals surface area contributed by atoms with Crippen molar-refractivity contribution in [1.82, 2.24) is 0 Å². The highest BCUT2D eigenvalue weighted by atomic mass is 16.5. The van der Waals surface area contributed by atoms with Gasteiger partial charge in [0.1, 0.15) is 12.4 Å². The van der Waals surface area contributed by atoms with Gasteiger partial charge in [0, 0.05) is 20.3 Å². The van der Waals surface area contributed by atoms with E-state index in [4.69, 9.17) is 9.47 Å². The first-order valence-electron chi connectivity index (χ1n) is 6.41. The van der Waals surface area contributed by atoms with Gasteiger partial charge in [0.2, 0.25) is 0 Å². The topological polar surface area (TPSA) is 41.9 Å². The van der Waals surface area contributed by atoms with Gasteiger partial charge in [-0.25, -0.2) is 0 Å². The molecule has 0 aromatic heterocycles. The van der Waals surface area contributed by atoms with Crippen LogP contribution in [0, 0.1) is 0 Å². The Morgan fingerprint density at radius 1 is 1.50 bits per heavy atom. The Balaban J connectivity index is 2.15. The number of methoxy groups -OCH3 is 1. The Kier molecular flexibility index (Phi) is 4.44. The molecule has 1 aliphatic rings. The number of hydrogen-bond donors (Lipinski definition) is 1. The van der Waals surface area contributed by atoms with Crippen LogP contribution in [0.4, 0.5) is 5.69 Å². The summed E-state index contributed by atoms with van der Waals surface area (Å²) < 4.78 is 10.7. The molecule has 1 aromatic carbocycles. The van der Waals surface area contributed by atoms with E-state index in [-0.39, 0.29) is 0 Å². The number of nitrogens with zero attached hydrogens (tertiary/aromatic N) is 1. The second-order valence-corrected chi connectivity index (χ2v) is 4.58. The summed E-state index contributed by atoms with van der Waals surface area (Å²) in [4.78, 5) is 2.30. The first-order chi connectivity index (χ1) is 8.72. The van der Waals surface area contributed by atoms with Crippen LogP contribution in [0.15, 0.2) is 18.2 Å². The minimum Gasteiger partial charge on any atom is -0.490 e. The molecule has 0 saturated carbocycles. The molecule has 1 atom stereocenters. The summed E-state index contributed by atoms with van der Waals surface area (Å²) in [5.41, 5.74) is 2.01. The van der Waals surface area contributed by atoms with Crippen molar-refractivity contribution < 1.29 is 14.6 Å². The second-order valence-electron chi connectivity index (χ2n) is 4.58. The van der Waals surface area contributed by atoms with Gasteiger partial charge in [-0.3, -0.25) is 0 Å². The van der Waals surface area contributed by atoms with Crippen LogP contribution in [-0.4, -0.2) is 38.5 Å². The summed E-state index contributed by atoms with van der Waals surface area (Å²) in [5, 5.41) is 9.65. The zero-order valence-corrected chi connectivity index (χ0v) is 11.1. The highest BCUT2D eigenvalue weighted by Gasteiger charge is 2.18. The normalized spacial score (nSPS) is 16.1. The summed E-state index contributed by atoms with van der Waals surface area (Å²) in [6.45, 7) is 5.10. The Bertz CT molecular complexity index is 393. The van der Waals surface area contributed by atoms with Crippen molar-refractivity contribution in [1.29, 1.82) is 0 Å². The van der Waals surface area contributed by atoms with Crippen LogP contribution in [0.5, 0.6) is 5.75 Å². The lowest BCUT2D eigenvalue weighted by Gasteiger charge is -2.31. The molecule has 1 N–H and O–H groups in total. The lowest BCUT2D eigenvalue weighted by molar-refractivity contribution is 0.194. The molecule has 0 aliphatic carbocycles. The fourth-order valence-electron chi connectivity index (χ4n) is 2.18. The van der Waals surface area contributed by atoms with Crippen molar-refractivity contribution in [3.63, 3.8) is 0 Å². The van der Waals surface area contributed by atoms with Crippen LogP contribution in [0.1, 0.15) is 25.0 Å². The number of hydrogen-bond acceptors (Lipinski definition) is 4. The van der Waals surface area contributed by atoms with E-state index in [1.54, 1.807) is 14.0 Å². The maximum Gasteiger partial charge on any atom is 0.142 e. The monoisotopic (exact) mass is 251 g/mol. The first-order valence-corrected chi connectivity index (χ1v) is 6.41. The molecule has 0 unspecified atom stereocenters. The molecular formula is C14H21NO3. The highest BCUT2D eigenvalue weighted by Crippen LogP contribution is 2.34. The summed E-state index contributed by atoms with van der Waals surface area (Å²) in [5.74, 6) is 0.906. The summed E-state index contributed by atoms with van der Waals surface area (Å²) in [7, 11) is 1.72. The van der Waals surface area contributed by atoms with E-state index >= 15 is 0 Å². The molecule has 0 amide bonds. The van der Waals surface area contributed by atoms with Gasteiger partial charge in [0.15, 0.2) is 0 Å². The predicted octanol–water partition coefficient (Wildman–Crippen LogP) is 1.98. The Labute approximate surface area is 108 Å². The van der Waals surface area contributed by atoms with Crippen LogP contribution in [0.3, 0.4) is 0 Å². The molecular weight excluding hydrogens is 230 g/mol. The minimum atomic E-state index is -0.446. The van der Waals surface area contributed by atoms with Gasteiger partial charge in [-0.2, -0.15) is 0 Å². The molecule has 2 rings (SSSR count). The van der Waals surface area contributed by atoms with E-state index < -0.39 is 6.10 Å². The van der Waals surface area contributed by atoms with E-state index in [0.717, 1.165) is 43.1 Å². The lowest BCUT2D eigenvalue weighted by Crippen LogP contribution is -2.34. The van der Waals surface area contributed by atoms with Crippen LogP contribution < -0.4 is 9.64 Å². The van der Waals surface area contributed by atoms with E-state index in [1.807, 2.05) is 18.2 Å². The third-order valence-corrected chi connectivity index (χ3v) is 3.20. The van der Waals surface area contributed by atoms with Gasteiger partial charge in [0.05, 0.1) is 18.3 Å². The highest BCUT2D eigenvalue weighted by molar-refractivity contribution is 5.61. The number of ether oxygens (including phenoxy) is 2. The van der Waals surface area contributed by atoms with Crippen LogP contribution in [0.2, 0.25) is 0 Å². The fourth-order valence-corrected chi connectivity index (χ4v) is 2.18. The quantitative estimate of drug-likeness (QED) is 0.812. The third-order valence-electron chi connectivity index (χ3n) is 3.20. The van der Waals surface area contributed by atoms with Gasteiger partial charge in [-0.05, 0) is 31.0 Å². The van der Waals surface area contributed by atoms with Gasteiger partial charge in [-0.1, -0.05) is 6.07 Å². The summed E-state index contributed by atoms with van der Waals surface area (Å²) in [6.07, 6.45) is 0.549. The van der Waals surface area contributed by atoms with Crippen molar-refractivity contribution >= 4 is 5.69 Å². The number of anilines is 1. The van der Waals surface area contributed by atoms with Crippen molar-refractivity contribution in [3.8, 4) is 5.75 Å².